The zero-order valence-corrected chi connectivity index (χ0v) is 18.0. The minimum absolute atomic E-state index is 0.139. The molecule has 0 radical (unpaired) electrons. The second-order valence-corrected chi connectivity index (χ2v) is 7.66. The second-order valence-electron chi connectivity index (χ2n) is 7.66. The van der Waals surface area contributed by atoms with Gasteiger partial charge in [0.2, 0.25) is 5.91 Å². The summed E-state index contributed by atoms with van der Waals surface area (Å²) in [5, 5.41) is 14.3. The molecule has 0 bridgehead atoms. The molecule has 1 saturated heterocycles. The van der Waals surface area contributed by atoms with Crippen LogP contribution in [0.4, 0.5) is 0 Å². The van der Waals surface area contributed by atoms with E-state index in [2.05, 4.69) is 25.7 Å². The molecule has 3 aromatic rings. The third-order valence-corrected chi connectivity index (χ3v) is 5.40. The smallest absolute Gasteiger partial charge is 0.245 e. The lowest BCUT2D eigenvalue weighted by Gasteiger charge is -2.26. The van der Waals surface area contributed by atoms with Gasteiger partial charge in [-0.25, -0.2) is 4.68 Å². The predicted octanol–water partition coefficient (Wildman–Crippen LogP) is 1.48. The summed E-state index contributed by atoms with van der Waals surface area (Å²) in [4.78, 5) is 15.3. The fraction of sp³-hybridized carbons (Fsp3) is 0.391. The van der Waals surface area contributed by atoms with Gasteiger partial charge in [-0.2, -0.15) is 0 Å². The number of nitrogens with zero attached hydrogens (tertiary/aromatic N) is 5. The van der Waals surface area contributed by atoms with Gasteiger partial charge in [0.25, 0.3) is 0 Å². The average Bonchev–Trinajstić information content (AvgIpc) is 3.37. The molecule has 2 aromatic carbocycles. The molecule has 1 unspecified atom stereocenters. The Bertz CT molecular complexity index is 961. The highest BCUT2D eigenvalue weighted by molar-refractivity contribution is 5.80. The Labute approximate surface area is 187 Å². The predicted molar refractivity (Wildman–Crippen MR) is 118 cm³/mol. The molecule has 1 aliphatic heterocycles. The minimum atomic E-state index is -0.527. The van der Waals surface area contributed by atoms with Crippen molar-refractivity contribution < 1.29 is 14.3 Å². The van der Waals surface area contributed by atoms with Crippen molar-refractivity contribution in [1.29, 1.82) is 0 Å². The number of hydrogen-bond donors (Lipinski definition) is 1. The van der Waals surface area contributed by atoms with Gasteiger partial charge in [0, 0.05) is 32.6 Å². The van der Waals surface area contributed by atoms with Crippen molar-refractivity contribution in [1.82, 2.24) is 30.4 Å². The molecule has 2 heterocycles. The molecular weight excluding hydrogens is 408 g/mol. The van der Waals surface area contributed by atoms with Gasteiger partial charge in [-0.1, -0.05) is 42.5 Å². The molecule has 9 heteroatoms. The van der Waals surface area contributed by atoms with Crippen LogP contribution in [0.25, 0.3) is 0 Å². The summed E-state index contributed by atoms with van der Waals surface area (Å²) in [7, 11) is 0. The SMILES string of the molecule is O=C(NCc1cccc(OCCN2CCOCC2)c1)C(Cc1ccccc1)n1cnnn1. The van der Waals surface area contributed by atoms with Crippen molar-refractivity contribution >= 4 is 5.91 Å². The van der Waals surface area contributed by atoms with Crippen LogP contribution >= 0.6 is 0 Å². The van der Waals surface area contributed by atoms with E-state index in [4.69, 9.17) is 9.47 Å². The number of carbonyl (C=O) groups excluding carboxylic acids is 1. The quantitative estimate of drug-likeness (QED) is 0.514. The number of ether oxygens (including phenoxy) is 2. The van der Waals surface area contributed by atoms with E-state index >= 15 is 0 Å². The van der Waals surface area contributed by atoms with Crippen LogP contribution in [0.3, 0.4) is 0 Å². The Morgan fingerprint density at radius 1 is 1.09 bits per heavy atom. The van der Waals surface area contributed by atoms with Crippen LogP contribution in [0.15, 0.2) is 60.9 Å². The van der Waals surface area contributed by atoms with Gasteiger partial charge < -0.3 is 14.8 Å². The summed E-state index contributed by atoms with van der Waals surface area (Å²) in [5.41, 5.74) is 2.01. The summed E-state index contributed by atoms with van der Waals surface area (Å²) in [5.74, 6) is 0.658. The van der Waals surface area contributed by atoms with Crippen molar-refractivity contribution in [2.75, 3.05) is 39.5 Å². The Balaban J connectivity index is 1.31. The first kappa shape index (κ1) is 21.9. The maximum atomic E-state index is 13.0. The molecular formula is C23H28N6O3. The molecule has 9 nitrogen and oxygen atoms in total. The summed E-state index contributed by atoms with van der Waals surface area (Å²) in [6.07, 6.45) is 1.97. The molecule has 1 N–H and O–H groups in total. The Hall–Kier alpha value is -3.30. The minimum Gasteiger partial charge on any atom is -0.492 e. The van der Waals surface area contributed by atoms with E-state index in [1.54, 1.807) is 0 Å². The molecule has 168 valence electrons. The third kappa shape index (κ3) is 6.35. The standard InChI is InChI=1S/C23H28N6O3/c30-23(22(29-18-25-26-27-29)16-19-5-2-1-3-6-19)24-17-20-7-4-8-21(15-20)32-14-11-28-9-12-31-13-10-28/h1-8,15,18,22H,9-14,16-17H2,(H,24,30). The molecule has 1 fully saturated rings. The number of benzene rings is 2. The fourth-order valence-electron chi connectivity index (χ4n) is 3.62. The third-order valence-electron chi connectivity index (χ3n) is 5.40. The first-order valence-corrected chi connectivity index (χ1v) is 10.8. The molecule has 0 aliphatic carbocycles. The lowest BCUT2D eigenvalue weighted by Crippen LogP contribution is -2.38. The van der Waals surface area contributed by atoms with Gasteiger partial charge >= 0.3 is 0 Å². The van der Waals surface area contributed by atoms with E-state index in [0.717, 1.165) is 49.7 Å². The highest BCUT2D eigenvalue weighted by atomic mass is 16.5. The lowest BCUT2D eigenvalue weighted by atomic mass is 10.1. The van der Waals surface area contributed by atoms with Crippen LogP contribution < -0.4 is 10.1 Å². The number of amides is 1. The second kappa shape index (κ2) is 11.4. The number of tetrazole rings is 1. The van der Waals surface area contributed by atoms with Crippen LogP contribution in [-0.2, 0) is 22.5 Å². The Morgan fingerprint density at radius 2 is 1.91 bits per heavy atom. The number of rotatable bonds is 10. The van der Waals surface area contributed by atoms with Gasteiger partial charge in [0.05, 0.1) is 13.2 Å². The zero-order chi connectivity index (χ0) is 22.0. The summed E-state index contributed by atoms with van der Waals surface area (Å²) >= 11 is 0. The topological polar surface area (TPSA) is 94.4 Å². The van der Waals surface area contributed by atoms with Crippen LogP contribution in [0, 0.1) is 0 Å². The van der Waals surface area contributed by atoms with Gasteiger partial charge in [-0.15, -0.1) is 5.10 Å². The van der Waals surface area contributed by atoms with E-state index in [9.17, 15) is 4.79 Å². The highest BCUT2D eigenvalue weighted by Crippen LogP contribution is 2.16. The molecule has 4 rings (SSSR count). The fourth-order valence-corrected chi connectivity index (χ4v) is 3.62. The molecule has 32 heavy (non-hydrogen) atoms. The highest BCUT2D eigenvalue weighted by Gasteiger charge is 2.22. The monoisotopic (exact) mass is 436 g/mol. The molecule has 1 aliphatic rings. The van der Waals surface area contributed by atoms with E-state index < -0.39 is 6.04 Å². The molecule has 1 atom stereocenters. The van der Waals surface area contributed by atoms with E-state index in [1.165, 1.54) is 11.0 Å². The summed E-state index contributed by atoms with van der Waals surface area (Å²) in [6, 6.07) is 17.1. The maximum Gasteiger partial charge on any atom is 0.245 e. The zero-order valence-electron chi connectivity index (χ0n) is 18.0. The van der Waals surface area contributed by atoms with Gasteiger partial charge in [0.15, 0.2) is 0 Å². The van der Waals surface area contributed by atoms with Gasteiger partial charge in [0.1, 0.15) is 24.7 Å². The number of morpholine rings is 1. The molecule has 0 spiro atoms. The van der Waals surface area contributed by atoms with Crippen LogP contribution in [0.2, 0.25) is 0 Å². The van der Waals surface area contributed by atoms with Gasteiger partial charge in [-0.3, -0.25) is 9.69 Å². The summed E-state index contributed by atoms with van der Waals surface area (Å²) in [6.45, 7) is 5.34. The molecule has 0 saturated carbocycles. The maximum absolute atomic E-state index is 13.0. The van der Waals surface area contributed by atoms with Crippen molar-refractivity contribution in [3.63, 3.8) is 0 Å². The number of aromatic nitrogens is 4. The van der Waals surface area contributed by atoms with Crippen LogP contribution in [0.1, 0.15) is 17.2 Å². The van der Waals surface area contributed by atoms with E-state index in [1.807, 2.05) is 54.6 Å². The van der Waals surface area contributed by atoms with Crippen molar-refractivity contribution in [2.45, 2.75) is 19.0 Å². The van der Waals surface area contributed by atoms with E-state index in [0.29, 0.717) is 19.6 Å². The molecule has 1 aromatic heterocycles. The van der Waals surface area contributed by atoms with Crippen LogP contribution in [-0.4, -0.2) is 70.5 Å². The number of carbonyl (C=O) groups is 1. The first-order valence-electron chi connectivity index (χ1n) is 10.8. The Morgan fingerprint density at radius 3 is 2.69 bits per heavy atom. The van der Waals surface area contributed by atoms with Gasteiger partial charge in [-0.05, 0) is 33.7 Å². The van der Waals surface area contributed by atoms with E-state index in [-0.39, 0.29) is 5.91 Å². The largest absolute Gasteiger partial charge is 0.492 e. The van der Waals surface area contributed by atoms with Crippen molar-refractivity contribution in [2.24, 2.45) is 0 Å². The number of hydrogen-bond acceptors (Lipinski definition) is 7. The average molecular weight is 437 g/mol. The Kier molecular flexibility index (Phi) is 7.78. The first-order chi connectivity index (χ1) is 15.8. The number of nitrogens with one attached hydrogen (secondary N) is 1. The summed E-state index contributed by atoms with van der Waals surface area (Å²) < 4.78 is 12.8. The lowest BCUT2D eigenvalue weighted by molar-refractivity contribution is -0.124. The van der Waals surface area contributed by atoms with Crippen LogP contribution in [0.5, 0.6) is 5.75 Å². The van der Waals surface area contributed by atoms with Crippen molar-refractivity contribution in [3.8, 4) is 5.75 Å². The van der Waals surface area contributed by atoms with Crippen molar-refractivity contribution in [3.05, 3.63) is 72.1 Å². The molecule has 1 amide bonds. The normalized spacial score (nSPS) is 15.2.